The Bertz CT molecular complexity index is 1060. The SMILES string of the molecule is Cc1onc(-c2ccccc2)c1C1=N/C(=C\C=C\c2ccccc2)C(=O)O1. The van der Waals surface area contributed by atoms with Gasteiger partial charge in [-0.15, -0.1) is 0 Å². The largest absolute Gasteiger partial charge is 0.402 e. The van der Waals surface area contributed by atoms with Crippen LogP contribution in [0.1, 0.15) is 16.9 Å². The van der Waals surface area contributed by atoms with Crippen LogP contribution in [0.2, 0.25) is 0 Å². The molecule has 2 heterocycles. The van der Waals surface area contributed by atoms with Gasteiger partial charge in [0, 0.05) is 5.56 Å². The van der Waals surface area contributed by atoms with E-state index in [0.29, 0.717) is 17.0 Å². The van der Waals surface area contributed by atoms with E-state index in [1.54, 1.807) is 19.1 Å². The molecule has 0 saturated carbocycles. The molecule has 1 aromatic heterocycles. The lowest BCUT2D eigenvalue weighted by atomic mass is 10.1. The Morgan fingerprint density at radius 3 is 2.41 bits per heavy atom. The number of hydrogen-bond acceptors (Lipinski definition) is 5. The highest BCUT2D eigenvalue weighted by Crippen LogP contribution is 2.28. The molecule has 1 aliphatic rings. The lowest BCUT2D eigenvalue weighted by Crippen LogP contribution is -2.07. The van der Waals surface area contributed by atoms with Crippen molar-refractivity contribution in [1.82, 2.24) is 5.16 Å². The van der Waals surface area contributed by atoms with Crippen molar-refractivity contribution < 1.29 is 14.1 Å². The van der Waals surface area contributed by atoms with Gasteiger partial charge >= 0.3 is 5.97 Å². The van der Waals surface area contributed by atoms with Crippen molar-refractivity contribution in [3.05, 3.63) is 95.4 Å². The molecule has 0 unspecified atom stereocenters. The van der Waals surface area contributed by atoms with Gasteiger partial charge in [0.1, 0.15) is 17.0 Å². The molecule has 132 valence electrons. The van der Waals surface area contributed by atoms with Crippen LogP contribution in [0.15, 0.2) is 88.0 Å². The maximum Gasteiger partial charge on any atom is 0.363 e. The number of esters is 1. The summed E-state index contributed by atoms with van der Waals surface area (Å²) in [4.78, 5) is 16.5. The molecule has 0 aliphatic carbocycles. The van der Waals surface area contributed by atoms with Crippen LogP contribution in [0, 0.1) is 6.92 Å². The van der Waals surface area contributed by atoms with Gasteiger partial charge in [0.15, 0.2) is 5.70 Å². The molecular weight excluding hydrogens is 340 g/mol. The highest BCUT2D eigenvalue weighted by molar-refractivity contribution is 6.13. The molecule has 0 N–H and O–H groups in total. The fraction of sp³-hybridized carbons (Fsp3) is 0.0455. The zero-order valence-corrected chi connectivity index (χ0v) is 14.6. The topological polar surface area (TPSA) is 64.7 Å². The van der Waals surface area contributed by atoms with Crippen LogP contribution in [0.3, 0.4) is 0 Å². The van der Waals surface area contributed by atoms with Gasteiger partial charge in [0.2, 0.25) is 5.90 Å². The molecule has 2 aromatic carbocycles. The molecular formula is C22H16N2O3. The van der Waals surface area contributed by atoms with Crippen molar-refractivity contribution >= 4 is 17.9 Å². The zero-order chi connectivity index (χ0) is 18.6. The first kappa shape index (κ1) is 16.7. The zero-order valence-electron chi connectivity index (χ0n) is 14.6. The van der Waals surface area contributed by atoms with Gasteiger partial charge in [-0.1, -0.05) is 78.0 Å². The normalized spacial score (nSPS) is 15.4. The molecule has 5 nitrogen and oxygen atoms in total. The number of aliphatic imine (C=N–C) groups is 1. The van der Waals surface area contributed by atoms with Gasteiger partial charge in [-0.05, 0) is 18.6 Å². The van der Waals surface area contributed by atoms with E-state index in [9.17, 15) is 4.79 Å². The van der Waals surface area contributed by atoms with E-state index < -0.39 is 5.97 Å². The van der Waals surface area contributed by atoms with Crippen LogP contribution in [0.5, 0.6) is 0 Å². The molecule has 0 bridgehead atoms. The summed E-state index contributed by atoms with van der Waals surface area (Å²) in [6.45, 7) is 1.77. The average Bonchev–Trinajstić information content (AvgIpc) is 3.26. The summed E-state index contributed by atoms with van der Waals surface area (Å²) in [6.07, 6.45) is 5.30. The Balaban J connectivity index is 1.65. The molecule has 5 heteroatoms. The minimum absolute atomic E-state index is 0.206. The Labute approximate surface area is 156 Å². The molecule has 27 heavy (non-hydrogen) atoms. The average molecular weight is 356 g/mol. The number of cyclic esters (lactones) is 1. The molecule has 1 aliphatic heterocycles. The Morgan fingerprint density at radius 1 is 0.963 bits per heavy atom. The fourth-order valence-electron chi connectivity index (χ4n) is 2.76. The summed E-state index contributed by atoms with van der Waals surface area (Å²) in [5, 5.41) is 4.10. The van der Waals surface area contributed by atoms with Gasteiger partial charge < -0.3 is 9.26 Å². The number of ether oxygens (including phenoxy) is 1. The third-order valence-corrected chi connectivity index (χ3v) is 4.09. The van der Waals surface area contributed by atoms with E-state index >= 15 is 0 Å². The van der Waals surface area contributed by atoms with Crippen LogP contribution in [0.4, 0.5) is 0 Å². The Morgan fingerprint density at radius 2 is 1.67 bits per heavy atom. The third-order valence-electron chi connectivity index (χ3n) is 4.09. The number of carbonyl (C=O) groups excluding carboxylic acids is 1. The van der Waals surface area contributed by atoms with Crippen LogP contribution in [0.25, 0.3) is 17.3 Å². The molecule has 0 spiro atoms. The number of aromatic nitrogens is 1. The van der Waals surface area contributed by atoms with Crippen LogP contribution in [-0.4, -0.2) is 17.0 Å². The first-order valence-electron chi connectivity index (χ1n) is 8.49. The highest BCUT2D eigenvalue weighted by Gasteiger charge is 2.29. The molecule has 0 amide bonds. The number of aryl methyl sites for hydroxylation is 1. The van der Waals surface area contributed by atoms with Crippen LogP contribution < -0.4 is 0 Å². The first-order chi connectivity index (χ1) is 13.2. The second-order valence-corrected chi connectivity index (χ2v) is 5.96. The van der Waals surface area contributed by atoms with Gasteiger partial charge in [-0.3, -0.25) is 0 Å². The van der Waals surface area contributed by atoms with E-state index in [-0.39, 0.29) is 11.6 Å². The summed E-state index contributed by atoms with van der Waals surface area (Å²) in [5.41, 5.74) is 3.32. The van der Waals surface area contributed by atoms with Crippen molar-refractivity contribution in [2.75, 3.05) is 0 Å². The second-order valence-electron chi connectivity index (χ2n) is 5.96. The lowest BCUT2D eigenvalue weighted by molar-refractivity contribution is -0.130. The monoisotopic (exact) mass is 356 g/mol. The van der Waals surface area contributed by atoms with E-state index in [0.717, 1.165) is 11.1 Å². The predicted octanol–water partition coefficient (Wildman–Crippen LogP) is 4.55. The Kier molecular flexibility index (Phi) is 4.49. The minimum atomic E-state index is -0.498. The number of carbonyl (C=O) groups is 1. The fourth-order valence-corrected chi connectivity index (χ4v) is 2.76. The number of rotatable bonds is 4. The standard InChI is InChI=1S/C22H16N2O3/c1-15-19(20(24-27-15)17-12-6-3-7-13-17)21-23-18(22(25)26-21)14-8-11-16-9-4-2-5-10-16/h2-14H,1H3/b11-8+,18-14-. The number of benzene rings is 2. The van der Waals surface area contributed by atoms with Crippen LogP contribution in [-0.2, 0) is 9.53 Å². The summed E-state index contributed by atoms with van der Waals surface area (Å²) in [6, 6.07) is 19.4. The second kappa shape index (κ2) is 7.25. The molecule has 0 radical (unpaired) electrons. The van der Waals surface area contributed by atoms with Crippen molar-refractivity contribution in [2.45, 2.75) is 6.92 Å². The summed E-state index contributed by atoms with van der Waals surface area (Å²) in [7, 11) is 0. The van der Waals surface area contributed by atoms with E-state index in [1.165, 1.54) is 0 Å². The summed E-state index contributed by atoms with van der Waals surface area (Å²) < 4.78 is 10.7. The number of nitrogens with zero attached hydrogens (tertiary/aromatic N) is 2. The van der Waals surface area contributed by atoms with Crippen molar-refractivity contribution in [1.29, 1.82) is 0 Å². The maximum atomic E-state index is 12.2. The van der Waals surface area contributed by atoms with Gasteiger partial charge in [-0.25, -0.2) is 9.79 Å². The first-order valence-corrected chi connectivity index (χ1v) is 8.49. The van der Waals surface area contributed by atoms with E-state index in [4.69, 9.17) is 9.26 Å². The number of hydrogen-bond donors (Lipinski definition) is 0. The predicted molar refractivity (Wildman–Crippen MR) is 103 cm³/mol. The maximum absolute atomic E-state index is 12.2. The van der Waals surface area contributed by atoms with Gasteiger partial charge in [0.05, 0.1) is 0 Å². The summed E-state index contributed by atoms with van der Waals surface area (Å²) >= 11 is 0. The lowest BCUT2D eigenvalue weighted by Gasteiger charge is -2.01. The van der Waals surface area contributed by atoms with Crippen molar-refractivity contribution in [3.8, 4) is 11.3 Å². The molecule has 3 aromatic rings. The van der Waals surface area contributed by atoms with Crippen molar-refractivity contribution in [2.24, 2.45) is 4.99 Å². The van der Waals surface area contributed by atoms with Crippen molar-refractivity contribution in [3.63, 3.8) is 0 Å². The van der Waals surface area contributed by atoms with E-state index in [2.05, 4.69) is 10.1 Å². The van der Waals surface area contributed by atoms with Gasteiger partial charge in [0.25, 0.3) is 0 Å². The minimum Gasteiger partial charge on any atom is -0.402 e. The van der Waals surface area contributed by atoms with E-state index in [1.807, 2.05) is 66.7 Å². The Hall–Kier alpha value is -3.73. The van der Waals surface area contributed by atoms with Gasteiger partial charge in [-0.2, -0.15) is 0 Å². The highest BCUT2D eigenvalue weighted by atomic mass is 16.6. The summed E-state index contributed by atoms with van der Waals surface area (Å²) in [5.74, 6) is 0.251. The molecule has 0 atom stereocenters. The number of allylic oxidation sites excluding steroid dienone is 2. The van der Waals surface area contributed by atoms with Crippen LogP contribution >= 0.6 is 0 Å². The smallest absolute Gasteiger partial charge is 0.363 e. The quantitative estimate of drug-likeness (QED) is 0.508. The third kappa shape index (κ3) is 3.48. The molecule has 4 rings (SSSR count). The molecule has 0 saturated heterocycles. The molecule has 0 fully saturated rings.